The van der Waals surface area contributed by atoms with Crippen LogP contribution in [0.5, 0.6) is 11.5 Å². The smallest absolute Gasteiger partial charge is 0.272 e. The van der Waals surface area contributed by atoms with Crippen molar-refractivity contribution in [2.24, 2.45) is 5.73 Å². The lowest BCUT2D eigenvalue weighted by Crippen LogP contribution is -2.30. The van der Waals surface area contributed by atoms with E-state index in [4.69, 9.17) is 15.2 Å². The van der Waals surface area contributed by atoms with Gasteiger partial charge in [-0.05, 0) is 48.5 Å². The zero-order chi connectivity index (χ0) is 25.2. The number of nitrogens with one attached hydrogen (secondary N) is 2. The van der Waals surface area contributed by atoms with E-state index in [9.17, 15) is 14.4 Å². The van der Waals surface area contributed by atoms with Crippen LogP contribution in [0.4, 0.5) is 5.69 Å². The van der Waals surface area contributed by atoms with E-state index in [2.05, 4.69) is 10.6 Å². The number of nitrogens with two attached hydrogens (primary N) is 1. The van der Waals surface area contributed by atoms with Crippen molar-refractivity contribution >= 4 is 41.2 Å². The first-order valence-electron chi connectivity index (χ1n) is 10.5. The molecule has 0 aliphatic carbocycles. The molecule has 8 nitrogen and oxygen atoms in total. The van der Waals surface area contributed by atoms with Gasteiger partial charge in [0.2, 0.25) is 5.91 Å². The van der Waals surface area contributed by atoms with Gasteiger partial charge in [-0.25, -0.2) is 0 Å². The Bertz CT molecular complexity index is 1240. The van der Waals surface area contributed by atoms with E-state index >= 15 is 0 Å². The number of ether oxygens (including phenoxy) is 2. The molecule has 0 unspecified atom stereocenters. The maximum absolute atomic E-state index is 13.2. The number of hydrogen-bond donors (Lipinski definition) is 3. The van der Waals surface area contributed by atoms with E-state index < -0.39 is 17.7 Å². The van der Waals surface area contributed by atoms with Crippen LogP contribution in [0.25, 0.3) is 6.08 Å². The third-order valence-corrected chi connectivity index (χ3v) is 5.76. The van der Waals surface area contributed by atoms with E-state index in [1.807, 2.05) is 0 Å². The molecule has 3 rings (SSSR count). The third-order valence-electron chi connectivity index (χ3n) is 4.74. The summed E-state index contributed by atoms with van der Waals surface area (Å²) in [4.78, 5) is 37.9. The van der Waals surface area contributed by atoms with Crippen molar-refractivity contribution in [1.29, 1.82) is 0 Å². The number of thioether (sulfide) groups is 1. The Morgan fingerprint density at radius 3 is 2.40 bits per heavy atom. The largest absolute Gasteiger partial charge is 0.497 e. The van der Waals surface area contributed by atoms with Crippen LogP contribution in [0.3, 0.4) is 0 Å². The quantitative estimate of drug-likeness (QED) is 0.294. The van der Waals surface area contributed by atoms with Crippen molar-refractivity contribution in [3.63, 3.8) is 0 Å². The van der Waals surface area contributed by atoms with E-state index in [0.717, 1.165) is 4.90 Å². The molecule has 0 aliphatic heterocycles. The third kappa shape index (κ3) is 7.38. The average Bonchev–Trinajstić information content (AvgIpc) is 2.87. The highest BCUT2D eigenvalue weighted by Crippen LogP contribution is 2.27. The number of benzene rings is 3. The molecule has 0 heterocycles. The number of rotatable bonds is 10. The van der Waals surface area contributed by atoms with Crippen LogP contribution < -0.4 is 25.8 Å². The first-order valence-corrected chi connectivity index (χ1v) is 11.5. The SMILES string of the molecule is COc1ccc(/C=C(/NC(=O)c2ccccc2)C(=O)Nc2cccc(SCC(N)=O)c2)c(OC)c1. The highest BCUT2D eigenvalue weighted by molar-refractivity contribution is 8.00. The van der Waals surface area contributed by atoms with Crippen LogP contribution in [0, 0.1) is 0 Å². The molecule has 180 valence electrons. The number of methoxy groups -OCH3 is 2. The fraction of sp³-hybridized carbons (Fsp3) is 0.115. The summed E-state index contributed by atoms with van der Waals surface area (Å²) in [6, 6.07) is 20.7. The number of anilines is 1. The summed E-state index contributed by atoms with van der Waals surface area (Å²) in [6.07, 6.45) is 1.53. The second-order valence-corrected chi connectivity index (χ2v) is 8.27. The minimum absolute atomic E-state index is 0.0116. The lowest BCUT2D eigenvalue weighted by molar-refractivity contribution is -0.115. The van der Waals surface area contributed by atoms with Crippen molar-refractivity contribution < 1.29 is 23.9 Å². The van der Waals surface area contributed by atoms with Crippen LogP contribution in [0.15, 0.2) is 83.4 Å². The first kappa shape index (κ1) is 25.4. The molecular formula is C26H25N3O5S. The van der Waals surface area contributed by atoms with Crippen molar-refractivity contribution in [2.45, 2.75) is 4.90 Å². The molecule has 3 amide bonds. The van der Waals surface area contributed by atoms with Gasteiger partial charge >= 0.3 is 0 Å². The average molecular weight is 492 g/mol. The molecule has 0 saturated carbocycles. The van der Waals surface area contributed by atoms with Gasteiger partial charge in [0.1, 0.15) is 17.2 Å². The van der Waals surface area contributed by atoms with Crippen LogP contribution >= 0.6 is 11.8 Å². The van der Waals surface area contributed by atoms with Gasteiger partial charge in [-0.1, -0.05) is 24.3 Å². The molecule has 0 radical (unpaired) electrons. The van der Waals surface area contributed by atoms with Crippen LogP contribution in [0.2, 0.25) is 0 Å². The highest BCUT2D eigenvalue weighted by atomic mass is 32.2. The number of amides is 3. The predicted molar refractivity (Wildman–Crippen MR) is 136 cm³/mol. The molecule has 0 aromatic heterocycles. The van der Waals surface area contributed by atoms with E-state index in [1.165, 1.54) is 24.9 Å². The fourth-order valence-electron chi connectivity index (χ4n) is 3.05. The predicted octanol–water partition coefficient (Wildman–Crippen LogP) is 3.69. The molecule has 3 aromatic rings. The highest BCUT2D eigenvalue weighted by Gasteiger charge is 2.16. The van der Waals surface area contributed by atoms with E-state index in [0.29, 0.717) is 28.3 Å². The van der Waals surface area contributed by atoms with Gasteiger partial charge in [-0.15, -0.1) is 11.8 Å². The topological polar surface area (TPSA) is 120 Å². The second kappa shape index (κ2) is 12.3. The molecule has 4 N–H and O–H groups in total. The van der Waals surface area contributed by atoms with E-state index in [-0.39, 0.29) is 11.4 Å². The summed E-state index contributed by atoms with van der Waals surface area (Å²) < 4.78 is 10.7. The number of carbonyl (C=O) groups excluding carboxylic acids is 3. The molecule has 0 atom stereocenters. The molecule has 0 aliphatic rings. The zero-order valence-electron chi connectivity index (χ0n) is 19.2. The monoisotopic (exact) mass is 491 g/mol. The molecule has 0 fully saturated rings. The van der Waals surface area contributed by atoms with Gasteiger partial charge in [0.15, 0.2) is 0 Å². The molecule has 0 spiro atoms. The lowest BCUT2D eigenvalue weighted by Gasteiger charge is -2.13. The van der Waals surface area contributed by atoms with Crippen molar-refractivity contribution in [1.82, 2.24) is 5.32 Å². The number of primary amides is 1. The molecular weight excluding hydrogens is 466 g/mol. The summed E-state index contributed by atoms with van der Waals surface area (Å²) in [5.41, 5.74) is 6.68. The number of hydrogen-bond acceptors (Lipinski definition) is 6. The molecule has 0 bridgehead atoms. The minimum atomic E-state index is -0.538. The Labute approximate surface area is 207 Å². The molecule has 0 saturated heterocycles. The van der Waals surface area contributed by atoms with Crippen LogP contribution in [0.1, 0.15) is 15.9 Å². The van der Waals surface area contributed by atoms with Gasteiger partial charge in [0.25, 0.3) is 11.8 Å². The molecule has 35 heavy (non-hydrogen) atoms. The lowest BCUT2D eigenvalue weighted by atomic mass is 10.1. The van der Waals surface area contributed by atoms with Gasteiger partial charge < -0.3 is 25.8 Å². The Hall–Kier alpha value is -4.24. The standard InChI is InChI=1S/C26H25N3O5S/c1-33-20-12-11-18(23(15-20)34-2)13-22(29-25(31)17-7-4-3-5-8-17)26(32)28-19-9-6-10-21(14-19)35-16-24(27)30/h3-15H,16H2,1-2H3,(H2,27,30)(H,28,32)(H,29,31)/b22-13+. The first-order chi connectivity index (χ1) is 16.9. The van der Waals surface area contributed by atoms with Gasteiger partial charge in [0, 0.05) is 27.8 Å². The van der Waals surface area contributed by atoms with Gasteiger partial charge in [-0.2, -0.15) is 0 Å². The minimum Gasteiger partial charge on any atom is -0.497 e. The molecule has 9 heteroatoms. The molecule has 3 aromatic carbocycles. The Balaban J connectivity index is 1.91. The normalized spacial score (nSPS) is 10.9. The Morgan fingerprint density at radius 2 is 1.71 bits per heavy atom. The van der Waals surface area contributed by atoms with Crippen molar-refractivity contribution in [3.8, 4) is 11.5 Å². The summed E-state index contributed by atoms with van der Waals surface area (Å²) in [6.45, 7) is 0. The summed E-state index contributed by atoms with van der Waals surface area (Å²) >= 11 is 1.26. The second-order valence-electron chi connectivity index (χ2n) is 7.22. The van der Waals surface area contributed by atoms with Crippen LogP contribution in [-0.4, -0.2) is 37.7 Å². The van der Waals surface area contributed by atoms with Gasteiger partial charge in [-0.3, -0.25) is 14.4 Å². The summed E-state index contributed by atoms with van der Waals surface area (Å²) in [5, 5.41) is 5.48. The van der Waals surface area contributed by atoms with Crippen molar-refractivity contribution in [2.75, 3.05) is 25.3 Å². The zero-order valence-corrected chi connectivity index (χ0v) is 20.1. The Kier molecular flexibility index (Phi) is 8.91. The maximum atomic E-state index is 13.2. The van der Waals surface area contributed by atoms with Crippen molar-refractivity contribution in [3.05, 3.63) is 89.6 Å². The Morgan fingerprint density at radius 1 is 0.943 bits per heavy atom. The van der Waals surface area contributed by atoms with E-state index in [1.54, 1.807) is 79.9 Å². The summed E-state index contributed by atoms with van der Waals surface area (Å²) in [5.74, 6) is -0.245. The number of carbonyl (C=O) groups is 3. The maximum Gasteiger partial charge on any atom is 0.272 e. The summed E-state index contributed by atoms with van der Waals surface area (Å²) in [7, 11) is 3.04. The fourth-order valence-corrected chi connectivity index (χ4v) is 3.75. The van der Waals surface area contributed by atoms with Gasteiger partial charge in [0.05, 0.1) is 20.0 Å². The van der Waals surface area contributed by atoms with Crippen LogP contribution in [-0.2, 0) is 9.59 Å².